The third-order valence-corrected chi connectivity index (χ3v) is 1.68. The van der Waals surface area contributed by atoms with Gasteiger partial charge in [-0.05, 0) is 12.1 Å². The molecule has 0 saturated heterocycles. The van der Waals surface area contributed by atoms with Gasteiger partial charge in [0.05, 0.1) is 24.3 Å². The van der Waals surface area contributed by atoms with E-state index in [1.807, 2.05) is 0 Å². The third-order valence-electron chi connectivity index (χ3n) is 1.68. The van der Waals surface area contributed by atoms with Crippen LogP contribution in [-0.4, -0.2) is 26.1 Å². The Balaban J connectivity index is 2.42. The lowest BCUT2D eigenvalue weighted by Gasteiger charge is -2.17. The number of carbonyl (C=O) groups excluding carboxylic acids is 1. The van der Waals surface area contributed by atoms with Crippen LogP contribution in [0.15, 0.2) is 36.9 Å². The highest BCUT2D eigenvalue weighted by molar-refractivity contribution is 5.89. The molecule has 2 N–H and O–H groups in total. The summed E-state index contributed by atoms with van der Waals surface area (Å²) >= 11 is 0. The number of anilines is 1. The van der Waals surface area contributed by atoms with Gasteiger partial charge in [0.2, 0.25) is 0 Å². The van der Waals surface area contributed by atoms with Crippen LogP contribution in [0.5, 0.6) is 0 Å². The Labute approximate surface area is 85.1 Å². The van der Waals surface area contributed by atoms with Crippen molar-refractivity contribution in [3.8, 4) is 0 Å². The van der Waals surface area contributed by atoms with Crippen molar-refractivity contribution in [2.45, 2.75) is 0 Å². The number of aromatic nitrogens is 4. The van der Waals surface area contributed by atoms with Crippen LogP contribution in [0.25, 0.3) is 0 Å². The summed E-state index contributed by atoms with van der Waals surface area (Å²) in [5.74, 6) is 0. The molecule has 0 aliphatic rings. The summed E-state index contributed by atoms with van der Waals surface area (Å²) in [4.78, 5) is 16.2. The summed E-state index contributed by atoms with van der Waals surface area (Å²) in [5, 5.41) is 8.74. The monoisotopic (exact) mass is 204 g/mol. The molecule has 0 unspecified atom stereocenters. The number of nitrogens with zero attached hydrogens (tertiary/aromatic N) is 5. The van der Waals surface area contributed by atoms with Gasteiger partial charge in [-0.15, -0.1) is 10.2 Å². The maximum absolute atomic E-state index is 11.2. The van der Waals surface area contributed by atoms with Crippen LogP contribution in [-0.2, 0) is 0 Å². The highest BCUT2D eigenvalue weighted by atomic mass is 16.2. The SMILES string of the molecule is NC(=O)N(c1cccnc1)n1nccn1. The lowest BCUT2D eigenvalue weighted by molar-refractivity contribution is 0.249. The number of hydrogen-bond donors (Lipinski definition) is 1. The van der Waals surface area contributed by atoms with Gasteiger partial charge >= 0.3 is 6.03 Å². The molecule has 15 heavy (non-hydrogen) atoms. The van der Waals surface area contributed by atoms with Gasteiger partial charge in [0.15, 0.2) is 0 Å². The van der Waals surface area contributed by atoms with E-state index in [-0.39, 0.29) is 0 Å². The number of rotatable bonds is 2. The zero-order valence-electron chi connectivity index (χ0n) is 7.69. The molecule has 0 radical (unpaired) electrons. The number of hydrogen-bond acceptors (Lipinski definition) is 4. The fraction of sp³-hybridized carbons (Fsp3) is 0. The lowest BCUT2D eigenvalue weighted by atomic mass is 10.4. The molecular weight excluding hydrogens is 196 g/mol. The van der Waals surface area contributed by atoms with Crippen LogP contribution >= 0.6 is 0 Å². The molecule has 0 atom stereocenters. The van der Waals surface area contributed by atoms with Crippen LogP contribution in [0.2, 0.25) is 0 Å². The first-order chi connectivity index (χ1) is 7.29. The highest BCUT2D eigenvalue weighted by Crippen LogP contribution is 2.10. The maximum Gasteiger partial charge on any atom is 0.341 e. The van der Waals surface area contributed by atoms with Crippen LogP contribution in [0.1, 0.15) is 0 Å². The Morgan fingerprint density at radius 1 is 1.33 bits per heavy atom. The minimum atomic E-state index is -0.681. The van der Waals surface area contributed by atoms with E-state index in [0.717, 1.165) is 9.91 Å². The second kappa shape index (κ2) is 3.74. The molecule has 2 rings (SSSR count). The predicted octanol–water partition coefficient (Wildman–Crippen LogP) is 0.0215. The van der Waals surface area contributed by atoms with Gasteiger partial charge in [-0.2, -0.15) is 5.01 Å². The summed E-state index contributed by atoms with van der Waals surface area (Å²) in [6.07, 6.45) is 5.99. The molecule has 0 aliphatic carbocycles. The van der Waals surface area contributed by atoms with Gasteiger partial charge in [0, 0.05) is 6.20 Å². The van der Waals surface area contributed by atoms with E-state index in [2.05, 4.69) is 15.2 Å². The first-order valence-electron chi connectivity index (χ1n) is 4.15. The molecule has 7 heteroatoms. The molecular formula is C8H8N6O. The van der Waals surface area contributed by atoms with Crippen molar-refractivity contribution in [3.05, 3.63) is 36.9 Å². The highest BCUT2D eigenvalue weighted by Gasteiger charge is 2.15. The largest absolute Gasteiger partial charge is 0.350 e. The first-order valence-corrected chi connectivity index (χ1v) is 4.15. The predicted molar refractivity (Wildman–Crippen MR) is 51.7 cm³/mol. The minimum Gasteiger partial charge on any atom is -0.350 e. The van der Waals surface area contributed by atoms with Gasteiger partial charge in [-0.25, -0.2) is 4.79 Å². The second-order valence-electron chi connectivity index (χ2n) is 2.66. The molecule has 2 aromatic heterocycles. The molecule has 0 spiro atoms. The number of carbonyl (C=O) groups is 1. The average molecular weight is 204 g/mol. The molecule has 76 valence electrons. The Bertz CT molecular complexity index is 439. The first kappa shape index (κ1) is 9.13. The zero-order valence-corrected chi connectivity index (χ0v) is 7.69. The van der Waals surface area contributed by atoms with Crippen LogP contribution in [0.3, 0.4) is 0 Å². The van der Waals surface area contributed by atoms with E-state index >= 15 is 0 Å². The Morgan fingerprint density at radius 3 is 2.60 bits per heavy atom. The van der Waals surface area contributed by atoms with E-state index in [4.69, 9.17) is 5.73 Å². The second-order valence-corrected chi connectivity index (χ2v) is 2.66. The van der Waals surface area contributed by atoms with Gasteiger partial charge in [0.1, 0.15) is 0 Å². The minimum absolute atomic E-state index is 0.501. The maximum atomic E-state index is 11.2. The molecule has 0 aromatic carbocycles. The number of urea groups is 1. The van der Waals surface area contributed by atoms with Crippen molar-refractivity contribution in [2.24, 2.45) is 5.73 Å². The van der Waals surface area contributed by atoms with Gasteiger partial charge in [0.25, 0.3) is 0 Å². The number of pyridine rings is 1. The standard InChI is InChI=1S/C8H8N6O/c9-8(15)13(14-11-4-5-12-14)7-2-1-3-10-6-7/h1-6H,(H2,9,15). The molecule has 2 amide bonds. The summed E-state index contributed by atoms with van der Waals surface area (Å²) < 4.78 is 0. The Hall–Kier alpha value is -2.44. The van der Waals surface area contributed by atoms with Gasteiger partial charge in [-0.1, -0.05) is 4.91 Å². The topological polar surface area (TPSA) is 89.9 Å². The molecule has 2 aromatic rings. The lowest BCUT2D eigenvalue weighted by Crippen LogP contribution is -2.41. The summed E-state index contributed by atoms with van der Waals surface area (Å²) in [5.41, 5.74) is 5.72. The van der Waals surface area contributed by atoms with Crippen LogP contribution in [0, 0.1) is 0 Å². The van der Waals surface area contributed by atoms with Crippen LogP contribution in [0.4, 0.5) is 10.5 Å². The van der Waals surface area contributed by atoms with E-state index < -0.39 is 6.03 Å². The van der Waals surface area contributed by atoms with E-state index in [1.165, 1.54) is 18.6 Å². The number of amides is 2. The zero-order chi connectivity index (χ0) is 10.7. The molecule has 0 saturated carbocycles. The molecule has 2 heterocycles. The average Bonchev–Trinajstić information content (AvgIpc) is 2.72. The van der Waals surface area contributed by atoms with Crippen molar-refractivity contribution >= 4 is 11.7 Å². The third kappa shape index (κ3) is 1.75. The Kier molecular flexibility index (Phi) is 2.28. The smallest absolute Gasteiger partial charge is 0.341 e. The molecule has 0 fully saturated rings. The van der Waals surface area contributed by atoms with Crippen LogP contribution < -0.4 is 10.7 Å². The van der Waals surface area contributed by atoms with Crippen molar-refractivity contribution in [2.75, 3.05) is 5.01 Å². The van der Waals surface area contributed by atoms with E-state index in [9.17, 15) is 4.79 Å². The number of primary amides is 1. The van der Waals surface area contributed by atoms with Crippen molar-refractivity contribution < 1.29 is 4.79 Å². The summed E-state index contributed by atoms with van der Waals surface area (Å²) in [6, 6.07) is 2.69. The Morgan fingerprint density at radius 2 is 2.07 bits per heavy atom. The van der Waals surface area contributed by atoms with Crippen molar-refractivity contribution in [1.82, 2.24) is 20.1 Å². The molecule has 0 aliphatic heterocycles. The van der Waals surface area contributed by atoms with Crippen molar-refractivity contribution in [1.29, 1.82) is 0 Å². The van der Waals surface area contributed by atoms with Crippen molar-refractivity contribution in [3.63, 3.8) is 0 Å². The van der Waals surface area contributed by atoms with E-state index in [0.29, 0.717) is 5.69 Å². The van der Waals surface area contributed by atoms with Gasteiger partial charge < -0.3 is 5.73 Å². The van der Waals surface area contributed by atoms with Gasteiger partial charge in [-0.3, -0.25) is 4.98 Å². The fourth-order valence-electron chi connectivity index (χ4n) is 1.11. The summed E-state index contributed by atoms with van der Waals surface area (Å²) in [6.45, 7) is 0. The quantitative estimate of drug-likeness (QED) is 0.746. The normalized spacial score (nSPS) is 9.87. The van der Waals surface area contributed by atoms with E-state index in [1.54, 1.807) is 18.3 Å². The number of nitrogens with two attached hydrogens (primary N) is 1. The molecule has 0 bridgehead atoms. The fourth-order valence-corrected chi connectivity index (χ4v) is 1.11. The summed E-state index contributed by atoms with van der Waals surface area (Å²) in [7, 11) is 0. The molecule has 7 nitrogen and oxygen atoms in total.